The van der Waals surface area contributed by atoms with Gasteiger partial charge in [-0.1, -0.05) is 6.92 Å². The van der Waals surface area contributed by atoms with Gasteiger partial charge >= 0.3 is 22.4 Å². The molecule has 1 fully saturated rings. The molecule has 1 saturated heterocycles. The summed E-state index contributed by atoms with van der Waals surface area (Å²) in [5.41, 5.74) is -1.00. The van der Waals surface area contributed by atoms with Crippen LogP contribution < -0.4 is 9.62 Å². The number of carbonyl (C=O) groups is 1. The number of alkyl halides is 3. The number of nitrogens with zero attached hydrogens (tertiary/aromatic N) is 5. The van der Waals surface area contributed by atoms with Gasteiger partial charge in [0.25, 0.3) is 0 Å². The fraction of sp³-hybridized carbons (Fsp3) is 0.500. The van der Waals surface area contributed by atoms with E-state index >= 15 is 0 Å². The van der Waals surface area contributed by atoms with E-state index in [1.807, 2.05) is 10.2 Å². The molecule has 1 atom stereocenters. The molecule has 1 unspecified atom stereocenters. The first-order chi connectivity index (χ1) is 15.8. The summed E-state index contributed by atoms with van der Waals surface area (Å²) in [6.07, 6.45) is -0.672. The molecule has 1 N–H and O–H groups in total. The van der Waals surface area contributed by atoms with Crippen molar-refractivity contribution in [3.8, 4) is 0 Å². The molecule has 1 aliphatic rings. The minimum absolute atomic E-state index is 0.101. The van der Waals surface area contributed by atoms with Gasteiger partial charge in [0.2, 0.25) is 0 Å². The van der Waals surface area contributed by atoms with E-state index in [1.54, 1.807) is 21.0 Å². The number of rotatable bonds is 6. The highest BCUT2D eigenvalue weighted by Gasteiger charge is 2.37. The van der Waals surface area contributed by atoms with Crippen molar-refractivity contribution < 1.29 is 26.4 Å². The molecule has 2 aromatic rings. The summed E-state index contributed by atoms with van der Waals surface area (Å²) in [6, 6.07) is 0.553. The van der Waals surface area contributed by atoms with E-state index in [9.17, 15) is 31.6 Å². The van der Waals surface area contributed by atoms with Crippen LogP contribution in [0.3, 0.4) is 0 Å². The van der Waals surface area contributed by atoms with Crippen LogP contribution in [0.1, 0.15) is 30.9 Å². The van der Waals surface area contributed by atoms with Crippen molar-refractivity contribution in [2.45, 2.75) is 38.4 Å². The summed E-state index contributed by atoms with van der Waals surface area (Å²) in [7, 11) is -1.56. The van der Waals surface area contributed by atoms with Crippen LogP contribution >= 0.6 is 0 Å². The van der Waals surface area contributed by atoms with Gasteiger partial charge in [-0.3, -0.25) is 9.15 Å². The Morgan fingerprint density at radius 3 is 2.56 bits per heavy atom. The van der Waals surface area contributed by atoms with Crippen molar-refractivity contribution in [1.82, 2.24) is 19.1 Å². The Balaban J connectivity index is 1.91. The number of aryl methyl sites for hydroxylation is 2. The molecule has 2 heterocycles. The van der Waals surface area contributed by atoms with Gasteiger partial charge in [-0.15, -0.1) is 0 Å². The molecule has 0 bridgehead atoms. The SMILES string of the molecule is CCc1cc(NC(=O)N([O-])S(=O)(=O)N(c2cnn(C)c2)C2CCCN(C)C2)cc(C(F)(F)F)c1. The van der Waals surface area contributed by atoms with Crippen LogP contribution in [0.15, 0.2) is 30.6 Å². The fourth-order valence-corrected chi connectivity index (χ4v) is 5.20. The van der Waals surface area contributed by atoms with E-state index in [4.69, 9.17) is 0 Å². The van der Waals surface area contributed by atoms with Gasteiger partial charge in [0.15, 0.2) is 0 Å². The van der Waals surface area contributed by atoms with E-state index in [0.717, 1.165) is 16.9 Å². The van der Waals surface area contributed by atoms with Gasteiger partial charge in [-0.25, -0.2) is 9.10 Å². The summed E-state index contributed by atoms with van der Waals surface area (Å²) in [6.45, 7) is 2.68. The third kappa shape index (κ3) is 5.62. The Kier molecular flexibility index (Phi) is 7.43. The van der Waals surface area contributed by atoms with E-state index in [-0.39, 0.29) is 23.4 Å². The maximum Gasteiger partial charge on any atom is 0.416 e. The molecule has 3 rings (SSSR count). The zero-order valence-electron chi connectivity index (χ0n) is 18.9. The third-order valence-corrected chi connectivity index (χ3v) is 7.07. The number of benzene rings is 1. The van der Waals surface area contributed by atoms with Crippen LogP contribution in [0.2, 0.25) is 0 Å². The number of hydroxylamine groups is 1. The molecule has 0 saturated carbocycles. The Morgan fingerprint density at radius 2 is 2.00 bits per heavy atom. The second kappa shape index (κ2) is 9.80. The smallest absolute Gasteiger partial charge is 0.416 e. The monoisotopic (exact) mass is 503 g/mol. The van der Waals surface area contributed by atoms with E-state index in [1.165, 1.54) is 23.1 Å². The van der Waals surface area contributed by atoms with Crippen LogP contribution in [-0.2, 0) is 29.9 Å². The number of aromatic nitrogens is 2. The Labute approximate surface area is 195 Å². The first kappa shape index (κ1) is 25.8. The van der Waals surface area contributed by atoms with Crippen molar-refractivity contribution in [3.05, 3.63) is 46.9 Å². The van der Waals surface area contributed by atoms with Crippen molar-refractivity contribution >= 4 is 27.6 Å². The van der Waals surface area contributed by atoms with Crippen LogP contribution in [0.25, 0.3) is 0 Å². The number of anilines is 2. The number of piperidine rings is 1. The van der Waals surface area contributed by atoms with E-state index in [0.29, 0.717) is 25.5 Å². The molecule has 1 aromatic heterocycles. The summed E-state index contributed by atoms with van der Waals surface area (Å²) in [5, 5.41) is 18.7. The lowest BCUT2D eigenvalue weighted by Gasteiger charge is -2.41. The second-order valence-electron chi connectivity index (χ2n) is 8.16. The molecule has 1 aromatic carbocycles. The summed E-state index contributed by atoms with van der Waals surface area (Å²) in [5.74, 6) is 0. The number of amides is 2. The molecule has 0 aliphatic carbocycles. The summed E-state index contributed by atoms with van der Waals surface area (Å²) >= 11 is 0. The van der Waals surface area contributed by atoms with Crippen LogP contribution in [0, 0.1) is 5.21 Å². The third-order valence-electron chi connectivity index (χ3n) is 5.48. The summed E-state index contributed by atoms with van der Waals surface area (Å²) < 4.78 is 67.6. The van der Waals surface area contributed by atoms with Crippen LogP contribution in [-0.4, -0.2) is 59.8 Å². The number of hydrogen-bond acceptors (Lipinski definition) is 6. The molecule has 1 aliphatic heterocycles. The minimum atomic E-state index is -4.94. The number of hydrogen-bond donors (Lipinski definition) is 1. The van der Waals surface area contributed by atoms with Gasteiger partial charge in [0.05, 0.1) is 23.5 Å². The Bertz CT molecular complexity index is 1140. The van der Waals surface area contributed by atoms with Crippen LogP contribution in [0.5, 0.6) is 0 Å². The number of nitrogens with one attached hydrogen (secondary N) is 1. The van der Waals surface area contributed by atoms with Gasteiger partial charge in [-0.2, -0.15) is 26.7 Å². The average Bonchev–Trinajstić information content (AvgIpc) is 3.17. The van der Waals surface area contributed by atoms with Crippen molar-refractivity contribution in [1.29, 1.82) is 0 Å². The molecule has 14 heteroatoms. The zero-order valence-corrected chi connectivity index (χ0v) is 19.7. The highest BCUT2D eigenvalue weighted by atomic mass is 32.2. The maximum atomic E-state index is 13.3. The predicted molar refractivity (Wildman–Crippen MR) is 120 cm³/mol. The molecule has 10 nitrogen and oxygen atoms in total. The molecule has 188 valence electrons. The number of urea groups is 1. The van der Waals surface area contributed by atoms with Crippen molar-refractivity contribution in [3.63, 3.8) is 0 Å². The van der Waals surface area contributed by atoms with Gasteiger partial charge < -0.3 is 15.4 Å². The number of carbonyl (C=O) groups excluding carboxylic acids is 1. The van der Waals surface area contributed by atoms with E-state index < -0.39 is 38.5 Å². The molecular weight excluding hydrogens is 477 g/mol. The second-order valence-corrected chi connectivity index (χ2v) is 9.78. The largest absolute Gasteiger partial charge is 0.740 e. The molecule has 2 amide bonds. The molecular formula is C20H26F3N6O4S-. The van der Waals surface area contributed by atoms with Gasteiger partial charge in [-0.05, 0) is 56.6 Å². The molecule has 0 radical (unpaired) electrons. The fourth-order valence-electron chi connectivity index (χ4n) is 3.87. The lowest BCUT2D eigenvalue weighted by atomic mass is 10.1. The highest BCUT2D eigenvalue weighted by Crippen LogP contribution is 2.33. The first-order valence-electron chi connectivity index (χ1n) is 10.5. The lowest BCUT2D eigenvalue weighted by Crippen LogP contribution is -2.54. The van der Waals surface area contributed by atoms with E-state index in [2.05, 4.69) is 5.10 Å². The van der Waals surface area contributed by atoms with Crippen molar-refractivity contribution in [2.75, 3.05) is 29.8 Å². The van der Waals surface area contributed by atoms with Gasteiger partial charge in [0.1, 0.15) is 0 Å². The lowest BCUT2D eigenvalue weighted by molar-refractivity contribution is -0.137. The van der Waals surface area contributed by atoms with Crippen LogP contribution in [0.4, 0.5) is 29.3 Å². The minimum Gasteiger partial charge on any atom is -0.740 e. The number of likely N-dealkylation sites (N-methyl/N-ethyl adjacent to an activating group) is 1. The maximum absolute atomic E-state index is 13.3. The molecule has 0 spiro atoms. The Morgan fingerprint density at radius 1 is 1.29 bits per heavy atom. The topological polar surface area (TPSA) is 114 Å². The highest BCUT2D eigenvalue weighted by molar-refractivity contribution is 7.91. The Hall–Kier alpha value is -2.84. The average molecular weight is 504 g/mol. The predicted octanol–water partition coefficient (Wildman–Crippen LogP) is 3.18. The van der Waals surface area contributed by atoms with Gasteiger partial charge in [0, 0.05) is 25.5 Å². The standard InChI is InChI=1S/C20H26F3N6O4S/c1-4-14-8-15(20(21,22)23)10-16(9-14)25-19(30)29(31)34(32,33)28(18-11-24-27(3)13-18)17-6-5-7-26(2)12-17/h8-11,13,17H,4-7,12H2,1-3H3,(H,25,30)/q-1. The normalized spacial score (nSPS) is 17.4. The first-order valence-corrected chi connectivity index (χ1v) is 11.9. The summed E-state index contributed by atoms with van der Waals surface area (Å²) in [4.78, 5) is 14.5. The quantitative estimate of drug-likeness (QED) is 0.606. The van der Waals surface area contributed by atoms with Crippen molar-refractivity contribution in [2.24, 2.45) is 7.05 Å². The number of halogens is 3. The molecule has 34 heavy (non-hydrogen) atoms. The zero-order chi connectivity index (χ0) is 25.3. The number of likely N-dealkylation sites (tertiary alicyclic amines) is 1.